The highest BCUT2D eigenvalue weighted by atomic mass is 32.1. The van der Waals surface area contributed by atoms with Gasteiger partial charge in [0.05, 0.1) is 23.4 Å². The molecule has 1 N–H and O–H groups in total. The Morgan fingerprint density at radius 3 is 2.76 bits per heavy atom. The number of hydrogen-bond donors (Lipinski definition) is 1. The van der Waals surface area contributed by atoms with E-state index in [1.54, 1.807) is 49.4 Å². The van der Waals surface area contributed by atoms with Crippen LogP contribution in [-0.4, -0.2) is 27.5 Å². The standard InChI is InChI=1S/C26H31N3O4S/c1-15(2)33-25(32)16-7-6-8-18(11-16)28-21(30)13-29-14-27-23-22(24(29)31)19-10-9-17(26(3,4)5)12-20(19)34-23/h6-8,11,14-15,17H,9-10,12-13H2,1-5H3,(H,28,30). The highest BCUT2D eigenvalue weighted by Crippen LogP contribution is 2.41. The first-order valence-corrected chi connectivity index (χ1v) is 12.4. The second kappa shape index (κ2) is 9.33. The van der Waals surface area contributed by atoms with Crippen molar-refractivity contribution in [2.24, 2.45) is 11.3 Å². The summed E-state index contributed by atoms with van der Waals surface area (Å²) in [6.45, 7) is 10.2. The van der Waals surface area contributed by atoms with Crippen molar-refractivity contribution >= 4 is 39.1 Å². The van der Waals surface area contributed by atoms with Crippen LogP contribution in [0.4, 0.5) is 5.69 Å². The summed E-state index contributed by atoms with van der Waals surface area (Å²) in [6, 6.07) is 6.56. The summed E-state index contributed by atoms with van der Waals surface area (Å²) in [7, 11) is 0. The van der Waals surface area contributed by atoms with Gasteiger partial charge in [-0.2, -0.15) is 0 Å². The third-order valence-electron chi connectivity index (χ3n) is 6.30. The van der Waals surface area contributed by atoms with Gasteiger partial charge in [0.25, 0.3) is 5.56 Å². The van der Waals surface area contributed by atoms with Crippen LogP contribution in [0.1, 0.15) is 61.8 Å². The molecule has 0 saturated carbocycles. The quantitative estimate of drug-likeness (QED) is 0.528. The fraction of sp³-hybridized carbons (Fsp3) is 0.462. The van der Waals surface area contributed by atoms with Crippen LogP contribution < -0.4 is 10.9 Å². The van der Waals surface area contributed by atoms with E-state index in [0.717, 1.165) is 29.7 Å². The molecule has 34 heavy (non-hydrogen) atoms. The van der Waals surface area contributed by atoms with Crippen LogP contribution in [-0.2, 0) is 28.9 Å². The van der Waals surface area contributed by atoms with E-state index in [-0.39, 0.29) is 29.5 Å². The van der Waals surface area contributed by atoms with Gasteiger partial charge in [-0.1, -0.05) is 26.8 Å². The maximum Gasteiger partial charge on any atom is 0.338 e. The van der Waals surface area contributed by atoms with E-state index in [1.165, 1.54) is 15.8 Å². The van der Waals surface area contributed by atoms with Crippen molar-refractivity contribution in [3.63, 3.8) is 0 Å². The average Bonchev–Trinajstić information content (AvgIpc) is 3.13. The number of thiophene rings is 1. The summed E-state index contributed by atoms with van der Waals surface area (Å²) in [6.07, 6.45) is 4.09. The number of anilines is 1. The lowest BCUT2D eigenvalue weighted by Gasteiger charge is -2.33. The van der Waals surface area contributed by atoms with Crippen LogP contribution in [0.3, 0.4) is 0 Å². The Hall–Kier alpha value is -3.00. The fourth-order valence-corrected chi connectivity index (χ4v) is 5.67. The summed E-state index contributed by atoms with van der Waals surface area (Å²) in [5.41, 5.74) is 1.96. The number of nitrogens with one attached hydrogen (secondary N) is 1. The van der Waals surface area contributed by atoms with Crippen molar-refractivity contribution in [2.45, 2.75) is 66.5 Å². The molecule has 1 atom stereocenters. The number of benzene rings is 1. The van der Waals surface area contributed by atoms with Crippen LogP contribution in [0.2, 0.25) is 0 Å². The third kappa shape index (κ3) is 5.06. The average molecular weight is 482 g/mol. The molecular weight excluding hydrogens is 450 g/mol. The second-order valence-electron chi connectivity index (χ2n) is 10.3. The smallest absolute Gasteiger partial charge is 0.338 e. The molecule has 1 amide bonds. The molecule has 1 unspecified atom stereocenters. The number of fused-ring (bicyclic) bond motifs is 3. The van der Waals surface area contributed by atoms with E-state index >= 15 is 0 Å². The SMILES string of the molecule is CC(C)OC(=O)c1cccc(NC(=O)Cn2cnc3sc4c(c3c2=O)CCC(C(C)(C)C)C4)c1. The van der Waals surface area contributed by atoms with E-state index in [2.05, 4.69) is 31.1 Å². The van der Waals surface area contributed by atoms with E-state index in [0.29, 0.717) is 22.6 Å². The molecule has 1 aliphatic carbocycles. The number of nitrogens with zero attached hydrogens (tertiary/aromatic N) is 2. The minimum Gasteiger partial charge on any atom is -0.459 e. The minimum absolute atomic E-state index is 0.155. The van der Waals surface area contributed by atoms with Crippen molar-refractivity contribution in [3.8, 4) is 0 Å². The molecule has 180 valence electrons. The molecule has 2 aromatic heterocycles. The van der Waals surface area contributed by atoms with Gasteiger partial charge in [0.2, 0.25) is 5.91 Å². The number of hydrogen-bond acceptors (Lipinski definition) is 6. The number of carbonyl (C=O) groups is 2. The second-order valence-corrected chi connectivity index (χ2v) is 11.3. The van der Waals surface area contributed by atoms with Crippen molar-refractivity contribution < 1.29 is 14.3 Å². The van der Waals surface area contributed by atoms with Gasteiger partial charge in [-0.15, -0.1) is 11.3 Å². The van der Waals surface area contributed by atoms with Gasteiger partial charge in [-0.05, 0) is 68.2 Å². The van der Waals surface area contributed by atoms with Crippen LogP contribution in [0.5, 0.6) is 0 Å². The number of ether oxygens (including phenoxy) is 1. The molecule has 0 aliphatic heterocycles. The Labute approximate surface area is 203 Å². The maximum absolute atomic E-state index is 13.3. The molecule has 4 rings (SSSR count). The van der Waals surface area contributed by atoms with E-state index in [4.69, 9.17) is 4.74 Å². The first kappa shape index (κ1) is 24.1. The zero-order valence-corrected chi connectivity index (χ0v) is 21.1. The highest BCUT2D eigenvalue weighted by Gasteiger charge is 2.31. The third-order valence-corrected chi connectivity index (χ3v) is 7.46. The molecule has 0 spiro atoms. The van der Waals surface area contributed by atoms with Gasteiger partial charge < -0.3 is 10.1 Å². The largest absolute Gasteiger partial charge is 0.459 e. The Morgan fingerprint density at radius 2 is 2.06 bits per heavy atom. The molecule has 8 heteroatoms. The van der Waals surface area contributed by atoms with Crippen LogP contribution >= 0.6 is 11.3 Å². The Kier molecular flexibility index (Phi) is 6.62. The zero-order chi connectivity index (χ0) is 24.6. The van der Waals surface area contributed by atoms with Crippen LogP contribution in [0.15, 0.2) is 35.4 Å². The lowest BCUT2D eigenvalue weighted by atomic mass is 9.72. The summed E-state index contributed by atoms with van der Waals surface area (Å²) in [5, 5.41) is 3.42. The van der Waals surface area contributed by atoms with E-state index in [9.17, 15) is 14.4 Å². The molecule has 7 nitrogen and oxygen atoms in total. The van der Waals surface area contributed by atoms with Gasteiger partial charge in [0, 0.05) is 10.6 Å². The lowest BCUT2D eigenvalue weighted by Crippen LogP contribution is -2.29. The lowest BCUT2D eigenvalue weighted by molar-refractivity contribution is -0.116. The molecule has 0 bridgehead atoms. The summed E-state index contributed by atoms with van der Waals surface area (Å²) in [5.74, 6) is -0.239. The predicted octanol–water partition coefficient (Wildman–Crippen LogP) is 4.81. The Morgan fingerprint density at radius 1 is 1.29 bits per heavy atom. The molecule has 3 aromatic rings. The number of carbonyl (C=O) groups excluding carboxylic acids is 2. The predicted molar refractivity (Wildman–Crippen MR) is 134 cm³/mol. The minimum atomic E-state index is -0.451. The van der Waals surface area contributed by atoms with Gasteiger partial charge in [0.15, 0.2) is 0 Å². The molecule has 0 saturated heterocycles. The number of aryl methyl sites for hydroxylation is 1. The molecule has 0 radical (unpaired) electrons. The number of esters is 1. The van der Waals surface area contributed by atoms with E-state index in [1.807, 2.05) is 0 Å². The molecule has 0 fully saturated rings. The molecule has 1 aliphatic rings. The van der Waals surface area contributed by atoms with Crippen molar-refractivity contribution in [3.05, 3.63) is 57.0 Å². The maximum atomic E-state index is 13.3. The van der Waals surface area contributed by atoms with Crippen LogP contribution in [0, 0.1) is 11.3 Å². The van der Waals surface area contributed by atoms with Crippen LogP contribution in [0.25, 0.3) is 10.2 Å². The normalized spacial score (nSPS) is 15.9. The zero-order valence-electron chi connectivity index (χ0n) is 20.3. The monoisotopic (exact) mass is 481 g/mol. The topological polar surface area (TPSA) is 90.3 Å². The first-order valence-electron chi connectivity index (χ1n) is 11.6. The molecular formula is C26H31N3O4S. The molecule has 1 aromatic carbocycles. The van der Waals surface area contributed by atoms with Crippen molar-refractivity contribution in [1.29, 1.82) is 0 Å². The highest BCUT2D eigenvalue weighted by molar-refractivity contribution is 7.18. The fourth-order valence-electron chi connectivity index (χ4n) is 4.41. The van der Waals surface area contributed by atoms with Gasteiger partial charge >= 0.3 is 5.97 Å². The number of aromatic nitrogens is 2. The Bertz CT molecular complexity index is 1300. The molecule has 2 heterocycles. The summed E-state index contributed by atoms with van der Waals surface area (Å²) >= 11 is 1.60. The Balaban J connectivity index is 1.52. The van der Waals surface area contributed by atoms with Gasteiger partial charge in [-0.25, -0.2) is 9.78 Å². The summed E-state index contributed by atoms with van der Waals surface area (Å²) < 4.78 is 6.57. The first-order chi connectivity index (χ1) is 16.0. The van der Waals surface area contributed by atoms with Gasteiger partial charge in [0.1, 0.15) is 11.4 Å². The van der Waals surface area contributed by atoms with E-state index < -0.39 is 5.97 Å². The van der Waals surface area contributed by atoms with Crippen molar-refractivity contribution in [1.82, 2.24) is 9.55 Å². The van der Waals surface area contributed by atoms with Gasteiger partial charge in [-0.3, -0.25) is 14.2 Å². The summed E-state index contributed by atoms with van der Waals surface area (Å²) in [4.78, 5) is 44.6. The number of rotatable bonds is 5. The van der Waals surface area contributed by atoms with Crippen molar-refractivity contribution in [2.75, 3.05) is 5.32 Å². The number of amides is 1.